The second-order valence-electron chi connectivity index (χ2n) is 3.14. The average molecular weight is 220 g/mol. The summed E-state index contributed by atoms with van der Waals surface area (Å²) in [5.41, 5.74) is 0.752. The molecule has 0 aromatic heterocycles. The van der Waals surface area contributed by atoms with E-state index in [9.17, 15) is 9.59 Å². The highest BCUT2D eigenvalue weighted by atomic mass is 16.5. The number of hydrogen-bond acceptors (Lipinski definition) is 3. The number of aliphatic carboxylic acids is 1. The van der Waals surface area contributed by atoms with E-state index in [-0.39, 0.29) is 12.0 Å². The van der Waals surface area contributed by atoms with Crippen molar-refractivity contribution < 1.29 is 19.4 Å². The molecular weight excluding hydrogens is 208 g/mol. The second kappa shape index (κ2) is 5.70. The van der Waals surface area contributed by atoms with E-state index in [2.05, 4.69) is 4.74 Å². The number of carbonyl (C=O) groups is 2. The summed E-state index contributed by atoms with van der Waals surface area (Å²) < 4.78 is 4.43. The lowest BCUT2D eigenvalue weighted by molar-refractivity contribution is -0.142. The number of carbonyl (C=O) groups excluding carboxylic acids is 1. The van der Waals surface area contributed by atoms with Gasteiger partial charge in [0.2, 0.25) is 0 Å². The van der Waals surface area contributed by atoms with E-state index in [1.165, 1.54) is 13.2 Å². The Balaban J connectivity index is 2.90. The van der Waals surface area contributed by atoms with Crippen molar-refractivity contribution in [3.8, 4) is 0 Å². The Kier molecular flexibility index (Phi) is 4.27. The highest BCUT2D eigenvalue weighted by molar-refractivity contribution is 5.97. The molecule has 0 atom stereocenters. The Hall–Kier alpha value is -2.10. The normalized spacial score (nSPS) is 10.9. The highest BCUT2D eigenvalue weighted by Gasteiger charge is 2.12. The minimum absolute atomic E-state index is 0.0121. The molecule has 0 saturated carbocycles. The van der Waals surface area contributed by atoms with Crippen LogP contribution in [0.25, 0.3) is 6.08 Å². The Morgan fingerprint density at radius 3 is 2.44 bits per heavy atom. The highest BCUT2D eigenvalue weighted by Crippen LogP contribution is 2.10. The Morgan fingerprint density at radius 2 is 1.94 bits per heavy atom. The predicted octanol–water partition coefficient (Wildman–Crippen LogP) is 1.72. The topological polar surface area (TPSA) is 63.6 Å². The molecule has 1 aromatic rings. The van der Waals surface area contributed by atoms with Gasteiger partial charge in [-0.3, -0.25) is 4.79 Å². The van der Waals surface area contributed by atoms with Gasteiger partial charge >= 0.3 is 11.9 Å². The molecule has 0 amide bonds. The minimum Gasteiger partial charge on any atom is -0.478 e. The molecule has 0 radical (unpaired) electrons. The molecule has 84 valence electrons. The predicted molar refractivity (Wildman–Crippen MR) is 58.7 cm³/mol. The molecule has 0 heterocycles. The van der Waals surface area contributed by atoms with Crippen molar-refractivity contribution >= 4 is 18.0 Å². The molecule has 16 heavy (non-hydrogen) atoms. The SMILES string of the molecule is COC(=O)CC(=Cc1ccccc1)C(=O)O. The van der Waals surface area contributed by atoms with Crippen LogP contribution in [0.4, 0.5) is 0 Å². The number of methoxy groups -OCH3 is 1. The summed E-state index contributed by atoms with van der Waals surface area (Å²) in [6.07, 6.45) is 1.22. The van der Waals surface area contributed by atoms with Crippen LogP contribution in [0.3, 0.4) is 0 Å². The van der Waals surface area contributed by atoms with Crippen LogP contribution in [-0.2, 0) is 14.3 Å². The van der Waals surface area contributed by atoms with E-state index < -0.39 is 11.9 Å². The molecule has 0 fully saturated rings. The number of ether oxygens (including phenoxy) is 1. The summed E-state index contributed by atoms with van der Waals surface area (Å²) in [6.45, 7) is 0. The molecule has 0 aliphatic carbocycles. The summed E-state index contributed by atoms with van der Waals surface area (Å²) in [6, 6.07) is 8.95. The molecule has 0 unspecified atom stereocenters. The van der Waals surface area contributed by atoms with E-state index >= 15 is 0 Å². The molecule has 0 saturated heterocycles. The van der Waals surface area contributed by atoms with Gasteiger partial charge in [-0.1, -0.05) is 30.3 Å². The van der Waals surface area contributed by atoms with Crippen LogP contribution in [0.15, 0.2) is 35.9 Å². The zero-order chi connectivity index (χ0) is 12.0. The first-order valence-electron chi connectivity index (χ1n) is 4.69. The molecule has 1 rings (SSSR count). The van der Waals surface area contributed by atoms with Gasteiger partial charge in [-0.25, -0.2) is 4.79 Å². The maximum Gasteiger partial charge on any atom is 0.332 e. The number of hydrogen-bond donors (Lipinski definition) is 1. The average Bonchev–Trinajstić information content (AvgIpc) is 2.29. The molecule has 0 aliphatic rings. The molecule has 4 nitrogen and oxygen atoms in total. The quantitative estimate of drug-likeness (QED) is 0.619. The molecular formula is C12H12O4. The van der Waals surface area contributed by atoms with E-state index in [4.69, 9.17) is 5.11 Å². The van der Waals surface area contributed by atoms with E-state index in [1.54, 1.807) is 24.3 Å². The zero-order valence-corrected chi connectivity index (χ0v) is 8.84. The number of rotatable bonds is 4. The summed E-state index contributed by atoms with van der Waals surface area (Å²) in [4.78, 5) is 21.9. The lowest BCUT2D eigenvalue weighted by atomic mass is 10.1. The third kappa shape index (κ3) is 3.57. The van der Waals surface area contributed by atoms with Crippen molar-refractivity contribution in [2.75, 3.05) is 7.11 Å². The molecule has 0 bridgehead atoms. The monoisotopic (exact) mass is 220 g/mol. The molecule has 0 aliphatic heterocycles. The minimum atomic E-state index is -1.12. The summed E-state index contributed by atoms with van der Waals surface area (Å²) in [5, 5.41) is 8.90. The van der Waals surface area contributed by atoms with Crippen molar-refractivity contribution in [3.63, 3.8) is 0 Å². The number of benzene rings is 1. The number of carboxylic acids is 1. The van der Waals surface area contributed by atoms with Crippen LogP contribution < -0.4 is 0 Å². The molecule has 1 aromatic carbocycles. The fourth-order valence-electron chi connectivity index (χ4n) is 1.17. The van der Waals surface area contributed by atoms with Gasteiger partial charge in [0.25, 0.3) is 0 Å². The van der Waals surface area contributed by atoms with Gasteiger partial charge in [-0.05, 0) is 11.6 Å². The molecule has 1 N–H and O–H groups in total. The van der Waals surface area contributed by atoms with Gasteiger partial charge in [-0.15, -0.1) is 0 Å². The van der Waals surface area contributed by atoms with Crippen LogP contribution in [0.5, 0.6) is 0 Å². The second-order valence-corrected chi connectivity index (χ2v) is 3.14. The maximum absolute atomic E-state index is 11.0. The first kappa shape index (κ1) is 12.0. The van der Waals surface area contributed by atoms with Crippen LogP contribution >= 0.6 is 0 Å². The van der Waals surface area contributed by atoms with Gasteiger partial charge in [0.15, 0.2) is 0 Å². The lowest BCUT2D eigenvalue weighted by Crippen LogP contribution is -2.08. The standard InChI is InChI=1S/C12H12O4/c1-16-11(13)8-10(12(14)15)7-9-5-3-2-4-6-9/h2-7H,8H2,1H3,(H,14,15). The smallest absolute Gasteiger partial charge is 0.332 e. The van der Waals surface area contributed by atoms with Crippen molar-refractivity contribution in [1.29, 1.82) is 0 Å². The third-order valence-electron chi connectivity index (χ3n) is 1.98. The van der Waals surface area contributed by atoms with Crippen molar-refractivity contribution in [1.82, 2.24) is 0 Å². The summed E-state index contributed by atoms with van der Waals surface area (Å²) in [7, 11) is 1.23. The maximum atomic E-state index is 11.0. The van der Waals surface area contributed by atoms with E-state index in [0.717, 1.165) is 5.56 Å². The molecule has 0 spiro atoms. The van der Waals surface area contributed by atoms with Gasteiger partial charge in [0.05, 0.1) is 13.5 Å². The Bertz CT molecular complexity index is 406. The number of carboxylic acid groups (broad SMARTS) is 1. The Labute approximate surface area is 93.2 Å². The third-order valence-corrected chi connectivity index (χ3v) is 1.98. The van der Waals surface area contributed by atoms with Gasteiger partial charge in [0.1, 0.15) is 0 Å². The van der Waals surface area contributed by atoms with E-state index in [0.29, 0.717) is 0 Å². The van der Waals surface area contributed by atoms with E-state index in [1.807, 2.05) is 6.07 Å². The van der Waals surface area contributed by atoms with Gasteiger partial charge < -0.3 is 9.84 Å². The summed E-state index contributed by atoms with van der Waals surface area (Å²) >= 11 is 0. The fourth-order valence-corrected chi connectivity index (χ4v) is 1.17. The zero-order valence-electron chi connectivity index (χ0n) is 8.84. The van der Waals surface area contributed by atoms with Crippen molar-refractivity contribution in [2.24, 2.45) is 0 Å². The first-order chi connectivity index (χ1) is 7.63. The van der Waals surface area contributed by atoms with Crippen LogP contribution in [0.2, 0.25) is 0 Å². The molecule has 4 heteroatoms. The lowest BCUT2D eigenvalue weighted by Gasteiger charge is -2.01. The van der Waals surface area contributed by atoms with Crippen LogP contribution in [0, 0.1) is 0 Å². The van der Waals surface area contributed by atoms with Crippen molar-refractivity contribution in [3.05, 3.63) is 41.5 Å². The van der Waals surface area contributed by atoms with Gasteiger partial charge in [0, 0.05) is 5.57 Å². The van der Waals surface area contributed by atoms with Gasteiger partial charge in [-0.2, -0.15) is 0 Å². The largest absolute Gasteiger partial charge is 0.478 e. The number of esters is 1. The van der Waals surface area contributed by atoms with Crippen molar-refractivity contribution in [2.45, 2.75) is 6.42 Å². The van der Waals surface area contributed by atoms with Crippen LogP contribution in [-0.4, -0.2) is 24.2 Å². The first-order valence-corrected chi connectivity index (χ1v) is 4.69. The fraction of sp³-hybridized carbons (Fsp3) is 0.167. The Morgan fingerprint density at radius 1 is 1.31 bits per heavy atom. The summed E-state index contributed by atoms with van der Waals surface area (Å²) in [5.74, 6) is -1.68. The van der Waals surface area contributed by atoms with Crippen LogP contribution in [0.1, 0.15) is 12.0 Å².